The van der Waals surface area contributed by atoms with Gasteiger partial charge in [0.1, 0.15) is 0 Å². The number of anilines is 1. The van der Waals surface area contributed by atoms with E-state index in [4.69, 9.17) is 5.84 Å². The van der Waals surface area contributed by atoms with Gasteiger partial charge in [-0.1, -0.05) is 0 Å². The number of nitro benzene ring substituents is 1. The van der Waals surface area contributed by atoms with Gasteiger partial charge in [-0.15, -0.1) is 0 Å². The zero-order valence-corrected chi connectivity index (χ0v) is 11.5. The third-order valence-electron chi connectivity index (χ3n) is 3.26. The lowest BCUT2D eigenvalue weighted by Crippen LogP contribution is -2.39. The van der Waals surface area contributed by atoms with Crippen molar-refractivity contribution < 1.29 is 22.5 Å². The number of halogens is 4. The van der Waals surface area contributed by atoms with Crippen molar-refractivity contribution in [3.8, 4) is 0 Å². The third kappa shape index (κ3) is 3.22. The van der Waals surface area contributed by atoms with Gasteiger partial charge in [0.15, 0.2) is 0 Å². The van der Waals surface area contributed by atoms with Gasteiger partial charge in [-0.3, -0.25) is 10.1 Å². The van der Waals surface area contributed by atoms with Gasteiger partial charge in [-0.05, 0) is 30.4 Å². The number of nitrogens with zero attached hydrogens (tertiary/aromatic N) is 4. The van der Waals surface area contributed by atoms with E-state index in [0.29, 0.717) is 18.9 Å². The second-order valence-corrected chi connectivity index (χ2v) is 4.80. The van der Waals surface area contributed by atoms with Gasteiger partial charge in [0.25, 0.3) is 5.84 Å². The molecule has 11 heteroatoms. The Morgan fingerprint density at radius 1 is 1.43 bits per heavy atom. The van der Waals surface area contributed by atoms with Gasteiger partial charge in [-0.25, -0.2) is 5.01 Å². The lowest BCUT2D eigenvalue weighted by molar-refractivity contribution is -0.387. The van der Waals surface area contributed by atoms with E-state index < -0.39 is 28.4 Å². The van der Waals surface area contributed by atoms with Crippen molar-refractivity contribution in [2.24, 2.45) is 16.0 Å². The van der Waals surface area contributed by atoms with Gasteiger partial charge in [0.05, 0.1) is 10.6 Å². The fourth-order valence-electron chi connectivity index (χ4n) is 2.12. The minimum Gasteiger partial charge on any atom is -0.321 e. The fraction of sp³-hybridized carbons (Fsp3) is 0.333. The molecule has 0 saturated heterocycles. The Hall–Kier alpha value is -2.72. The van der Waals surface area contributed by atoms with E-state index in [1.807, 2.05) is 0 Å². The normalized spacial score (nSPS) is 15.4. The van der Waals surface area contributed by atoms with Crippen LogP contribution in [0.25, 0.3) is 0 Å². The molecular formula is C12H11F4N5O2. The van der Waals surface area contributed by atoms with E-state index in [0.717, 1.165) is 6.07 Å². The summed E-state index contributed by atoms with van der Waals surface area (Å²) >= 11 is 0. The van der Waals surface area contributed by atoms with Crippen LogP contribution in [0.15, 0.2) is 22.3 Å². The minimum atomic E-state index is -4.97. The minimum absolute atomic E-state index is 0.158. The van der Waals surface area contributed by atoms with Crippen LogP contribution < -0.4 is 10.9 Å². The molecule has 23 heavy (non-hydrogen) atoms. The SMILES string of the molecule is C=NN(/C(=N\N)C(F)(F)F)c1cc([N+](=O)[O-])c(F)cc1C1CC1. The molecule has 1 aromatic rings. The molecule has 0 radical (unpaired) electrons. The highest BCUT2D eigenvalue weighted by molar-refractivity contribution is 6.02. The number of benzene rings is 1. The van der Waals surface area contributed by atoms with E-state index in [9.17, 15) is 27.7 Å². The Morgan fingerprint density at radius 2 is 2.04 bits per heavy atom. The molecule has 0 aliphatic heterocycles. The molecule has 0 amide bonds. The summed E-state index contributed by atoms with van der Waals surface area (Å²) < 4.78 is 52.7. The zero-order chi connectivity index (χ0) is 17.4. The standard InChI is InChI=1S/C12H11F4N5O2/c1-18-20(11(19-17)12(14,15)16)9-5-10(21(22)23)8(13)4-7(9)6-2-3-6/h4-6H,1-3,17H2/b19-11-. The average molecular weight is 333 g/mol. The van der Waals surface area contributed by atoms with Gasteiger partial charge in [-0.2, -0.15) is 27.8 Å². The number of rotatable bonds is 4. The largest absolute Gasteiger partial charge is 0.453 e. The molecule has 0 heterocycles. The molecule has 0 bridgehead atoms. The first-order valence-electron chi connectivity index (χ1n) is 6.30. The summed E-state index contributed by atoms with van der Waals surface area (Å²) in [4.78, 5) is 9.80. The van der Waals surface area contributed by atoms with Crippen LogP contribution in [0, 0.1) is 15.9 Å². The smallest absolute Gasteiger partial charge is 0.321 e. The summed E-state index contributed by atoms with van der Waals surface area (Å²) in [5.41, 5.74) is -1.14. The van der Waals surface area contributed by atoms with Gasteiger partial charge < -0.3 is 5.84 Å². The van der Waals surface area contributed by atoms with Crippen molar-refractivity contribution in [3.05, 3.63) is 33.6 Å². The van der Waals surface area contributed by atoms with E-state index in [1.165, 1.54) is 0 Å². The highest BCUT2D eigenvalue weighted by Crippen LogP contribution is 2.46. The first-order chi connectivity index (χ1) is 10.7. The van der Waals surface area contributed by atoms with Crippen LogP contribution in [-0.4, -0.2) is 23.7 Å². The molecule has 2 N–H and O–H groups in total. The second-order valence-electron chi connectivity index (χ2n) is 4.80. The second kappa shape index (κ2) is 5.82. The van der Waals surface area contributed by atoms with Crippen LogP contribution in [0.3, 0.4) is 0 Å². The maximum Gasteiger partial charge on any atom is 0.453 e. The molecule has 1 aliphatic rings. The van der Waals surface area contributed by atoms with Crippen LogP contribution in [0.5, 0.6) is 0 Å². The Labute approximate surface area is 127 Å². The Kier molecular flexibility index (Phi) is 4.21. The molecule has 0 atom stereocenters. The Bertz CT molecular complexity index is 685. The Morgan fingerprint density at radius 3 is 2.43 bits per heavy atom. The van der Waals surface area contributed by atoms with Crippen molar-refractivity contribution >= 4 is 23.9 Å². The summed E-state index contributed by atoms with van der Waals surface area (Å²) in [5, 5.41) is 16.9. The summed E-state index contributed by atoms with van der Waals surface area (Å²) in [6.45, 7) is 3.01. The molecular weight excluding hydrogens is 322 g/mol. The highest BCUT2D eigenvalue weighted by atomic mass is 19.4. The van der Waals surface area contributed by atoms with Crippen LogP contribution in [0.4, 0.5) is 28.9 Å². The predicted molar refractivity (Wildman–Crippen MR) is 74.7 cm³/mol. The predicted octanol–water partition coefficient (Wildman–Crippen LogP) is 2.87. The Balaban J connectivity index is 2.65. The number of hydrogen-bond donors (Lipinski definition) is 1. The van der Waals surface area contributed by atoms with Crippen molar-refractivity contribution in [2.45, 2.75) is 24.9 Å². The molecule has 1 aliphatic carbocycles. The maximum atomic E-state index is 13.8. The summed E-state index contributed by atoms with van der Waals surface area (Å²) in [6, 6.07) is 1.52. The van der Waals surface area contributed by atoms with E-state index >= 15 is 0 Å². The van der Waals surface area contributed by atoms with E-state index in [2.05, 4.69) is 16.9 Å². The van der Waals surface area contributed by atoms with Gasteiger partial charge in [0.2, 0.25) is 5.82 Å². The van der Waals surface area contributed by atoms with E-state index in [-0.39, 0.29) is 22.2 Å². The van der Waals surface area contributed by atoms with Crippen molar-refractivity contribution in [1.82, 2.24) is 0 Å². The van der Waals surface area contributed by atoms with Gasteiger partial charge in [0, 0.05) is 12.8 Å². The lowest BCUT2D eigenvalue weighted by atomic mass is 10.1. The maximum absolute atomic E-state index is 13.8. The molecule has 1 fully saturated rings. The van der Waals surface area contributed by atoms with Crippen molar-refractivity contribution in [3.63, 3.8) is 0 Å². The molecule has 0 aromatic heterocycles. The number of nitro groups is 1. The molecule has 1 aromatic carbocycles. The van der Waals surface area contributed by atoms with Crippen LogP contribution in [0.2, 0.25) is 0 Å². The van der Waals surface area contributed by atoms with E-state index in [1.54, 1.807) is 0 Å². The van der Waals surface area contributed by atoms with Crippen molar-refractivity contribution in [2.75, 3.05) is 5.01 Å². The molecule has 7 nitrogen and oxygen atoms in total. The first kappa shape index (κ1) is 16.6. The fourth-order valence-corrected chi connectivity index (χ4v) is 2.12. The molecule has 0 spiro atoms. The summed E-state index contributed by atoms with van der Waals surface area (Å²) in [6.07, 6.45) is -3.73. The third-order valence-corrected chi connectivity index (χ3v) is 3.26. The topological polar surface area (TPSA) is 97.1 Å². The molecule has 1 saturated carbocycles. The van der Waals surface area contributed by atoms with Crippen LogP contribution >= 0.6 is 0 Å². The van der Waals surface area contributed by atoms with Crippen LogP contribution in [0.1, 0.15) is 24.3 Å². The lowest BCUT2D eigenvalue weighted by Gasteiger charge is -2.23. The molecule has 124 valence electrons. The van der Waals surface area contributed by atoms with Crippen LogP contribution in [-0.2, 0) is 0 Å². The van der Waals surface area contributed by atoms with Crippen molar-refractivity contribution in [1.29, 1.82) is 0 Å². The average Bonchev–Trinajstić information content (AvgIpc) is 3.27. The molecule has 2 rings (SSSR count). The number of hydrazone groups is 2. The number of hydrogen-bond acceptors (Lipinski definition) is 5. The first-order valence-corrected chi connectivity index (χ1v) is 6.30. The number of amidine groups is 1. The number of alkyl halides is 3. The monoisotopic (exact) mass is 333 g/mol. The quantitative estimate of drug-likeness (QED) is 0.229. The molecule has 0 unspecified atom stereocenters. The summed E-state index contributed by atoms with van der Waals surface area (Å²) in [7, 11) is 0. The highest BCUT2D eigenvalue weighted by Gasteiger charge is 2.43. The number of nitrogens with two attached hydrogens (primary N) is 1. The van der Waals surface area contributed by atoms with Gasteiger partial charge >= 0.3 is 11.9 Å². The summed E-state index contributed by atoms with van der Waals surface area (Å²) in [5.74, 6) is 1.81. The zero-order valence-electron chi connectivity index (χ0n) is 11.5.